The van der Waals surface area contributed by atoms with Gasteiger partial charge in [0.05, 0.1) is 10.7 Å². The van der Waals surface area contributed by atoms with Crippen molar-refractivity contribution in [3.05, 3.63) is 27.7 Å². The molecule has 0 saturated carbocycles. The van der Waals surface area contributed by atoms with Gasteiger partial charge in [0.15, 0.2) is 11.1 Å². The van der Waals surface area contributed by atoms with Gasteiger partial charge in [-0.25, -0.2) is 9.97 Å². The molecule has 3 heterocycles. The average molecular weight is 506 g/mol. The van der Waals surface area contributed by atoms with Gasteiger partial charge in [0, 0.05) is 61.5 Å². The van der Waals surface area contributed by atoms with Gasteiger partial charge < -0.3 is 15.5 Å². The van der Waals surface area contributed by atoms with Crippen LogP contribution in [0, 0.1) is 0 Å². The number of rotatable bonds is 4. The third kappa shape index (κ3) is 5.53. The van der Waals surface area contributed by atoms with E-state index in [1.807, 2.05) is 11.6 Å². The van der Waals surface area contributed by atoms with E-state index in [1.54, 1.807) is 22.7 Å². The summed E-state index contributed by atoms with van der Waals surface area (Å²) in [5.74, 6) is 0.645. The van der Waals surface area contributed by atoms with Crippen LogP contribution in [0.1, 0.15) is 31.5 Å². The molecular formula is C17H27IN6S2. The first-order chi connectivity index (χ1) is 11.9. The fourth-order valence-corrected chi connectivity index (χ4v) is 4.35. The molecule has 6 nitrogen and oxygen atoms in total. The van der Waals surface area contributed by atoms with Crippen LogP contribution >= 0.6 is 46.7 Å². The molecule has 0 bridgehead atoms. The summed E-state index contributed by atoms with van der Waals surface area (Å²) < 4.78 is 0. The van der Waals surface area contributed by atoms with Crippen LogP contribution in [0.2, 0.25) is 0 Å². The van der Waals surface area contributed by atoms with E-state index in [0.717, 1.165) is 48.4 Å². The number of aliphatic imine (C=N–C) groups is 1. The zero-order chi connectivity index (χ0) is 17.9. The SMILES string of the molecule is CC(C)(C)c1csc(CCN=C(N)N2CCN(c3nccs3)CC2)n1.I. The van der Waals surface area contributed by atoms with Crippen LogP contribution in [-0.4, -0.2) is 53.6 Å². The van der Waals surface area contributed by atoms with E-state index >= 15 is 0 Å². The maximum Gasteiger partial charge on any atom is 0.191 e. The first kappa shape index (κ1) is 21.4. The molecule has 2 aromatic rings. The Morgan fingerprint density at radius 3 is 2.54 bits per heavy atom. The zero-order valence-electron chi connectivity index (χ0n) is 15.5. The number of nitrogens with two attached hydrogens (primary N) is 1. The minimum Gasteiger partial charge on any atom is -0.370 e. The van der Waals surface area contributed by atoms with E-state index in [1.165, 1.54) is 0 Å². The Morgan fingerprint density at radius 1 is 1.23 bits per heavy atom. The monoisotopic (exact) mass is 506 g/mol. The van der Waals surface area contributed by atoms with Gasteiger partial charge in [-0.15, -0.1) is 46.7 Å². The first-order valence-corrected chi connectivity index (χ1v) is 10.3. The zero-order valence-corrected chi connectivity index (χ0v) is 19.5. The van der Waals surface area contributed by atoms with Crippen LogP contribution in [-0.2, 0) is 11.8 Å². The molecule has 0 unspecified atom stereocenters. The number of hydrogen-bond donors (Lipinski definition) is 1. The van der Waals surface area contributed by atoms with E-state index in [-0.39, 0.29) is 29.4 Å². The van der Waals surface area contributed by atoms with Gasteiger partial charge in [-0.1, -0.05) is 20.8 Å². The molecule has 1 fully saturated rings. The third-order valence-electron chi connectivity index (χ3n) is 4.21. The minimum absolute atomic E-state index is 0. The van der Waals surface area contributed by atoms with Crippen LogP contribution in [0.15, 0.2) is 21.9 Å². The van der Waals surface area contributed by atoms with Gasteiger partial charge >= 0.3 is 0 Å². The highest BCUT2D eigenvalue weighted by atomic mass is 127. The molecular weight excluding hydrogens is 479 g/mol. The summed E-state index contributed by atoms with van der Waals surface area (Å²) in [7, 11) is 0. The second-order valence-electron chi connectivity index (χ2n) is 7.16. The molecule has 0 aromatic carbocycles. The highest BCUT2D eigenvalue weighted by Gasteiger charge is 2.20. The summed E-state index contributed by atoms with van der Waals surface area (Å²) in [6, 6.07) is 0. The molecule has 0 spiro atoms. The topological polar surface area (TPSA) is 70.6 Å². The number of hydrogen-bond acceptors (Lipinski definition) is 6. The number of nitrogens with zero attached hydrogens (tertiary/aromatic N) is 5. The molecule has 0 amide bonds. The van der Waals surface area contributed by atoms with E-state index in [4.69, 9.17) is 10.7 Å². The van der Waals surface area contributed by atoms with Crippen LogP contribution in [0.4, 0.5) is 5.13 Å². The molecule has 1 saturated heterocycles. The molecule has 2 aromatic heterocycles. The highest BCUT2D eigenvalue weighted by molar-refractivity contribution is 14.0. The molecule has 3 rings (SSSR count). The Kier molecular flexibility index (Phi) is 7.65. The normalized spacial score (nSPS) is 15.9. The van der Waals surface area contributed by atoms with Crippen LogP contribution < -0.4 is 10.6 Å². The summed E-state index contributed by atoms with van der Waals surface area (Å²) >= 11 is 3.40. The summed E-state index contributed by atoms with van der Waals surface area (Å²) in [5.41, 5.74) is 7.44. The Balaban J connectivity index is 0.00000243. The van der Waals surface area contributed by atoms with Gasteiger partial charge in [-0.2, -0.15) is 0 Å². The van der Waals surface area contributed by atoms with Crippen molar-refractivity contribution in [2.45, 2.75) is 32.6 Å². The third-order valence-corrected chi connectivity index (χ3v) is 5.95. The number of halogens is 1. The van der Waals surface area contributed by atoms with Crippen molar-refractivity contribution in [3.8, 4) is 0 Å². The lowest BCUT2D eigenvalue weighted by Crippen LogP contribution is -2.51. The smallest absolute Gasteiger partial charge is 0.191 e. The van der Waals surface area contributed by atoms with E-state index in [0.29, 0.717) is 12.5 Å². The second kappa shape index (κ2) is 9.32. The van der Waals surface area contributed by atoms with Gasteiger partial charge in [0.25, 0.3) is 0 Å². The van der Waals surface area contributed by atoms with Crippen LogP contribution in [0.3, 0.4) is 0 Å². The van der Waals surface area contributed by atoms with Crippen molar-refractivity contribution in [3.63, 3.8) is 0 Å². The molecule has 0 atom stereocenters. The number of anilines is 1. The van der Waals surface area contributed by atoms with Crippen molar-refractivity contribution in [1.82, 2.24) is 14.9 Å². The minimum atomic E-state index is 0. The molecule has 1 aliphatic rings. The first-order valence-electron chi connectivity index (χ1n) is 8.57. The largest absolute Gasteiger partial charge is 0.370 e. The number of aromatic nitrogens is 2. The second-order valence-corrected chi connectivity index (χ2v) is 8.97. The number of guanidine groups is 1. The van der Waals surface area contributed by atoms with Crippen molar-refractivity contribution >= 4 is 57.7 Å². The molecule has 2 N–H and O–H groups in total. The average Bonchev–Trinajstić information content (AvgIpc) is 3.26. The fourth-order valence-electron chi connectivity index (χ4n) is 2.64. The number of thiazole rings is 2. The lowest BCUT2D eigenvalue weighted by atomic mass is 9.93. The highest BCUT2D eigenvalue weighted by Crippen LogP contribution is 2.24. The van der Waals surface area contributed by atoms with Crippen molar-refractivity contribution in [1.29, 1.82) is 0 Å². The maximum atomic E-state index is 6.18. The number of piperazine rings is 1. The molecule has 26 heavy (non-hydrogen) atoms. The summed E-state index contributed by atoms with van der Waals surface area (Å²) in [6.07, 6.45) is 2.70. The van der Waals surface area contributed by atoms with Crippen molar-refractivity contribution < 1.29 is 0 Å². The molecule has 0 radical (unpaired) electrons. The lowest BCUT2D eigenvalue weighted by Gasteiger charge is -2.35. The standard InChI is InChI=1S/C17H26N6S2.HI/c1-17(2,3)13-12-25-14(21-13)4-5-19-15(18)22-7-9-23(10-8-22)16-20-6-11-24-16;/h6,11-12H,4-5,7-10H2,1-3H3,(H2,18,19);1H. The quantitative estimate of drug-likeness (QED) is 0.392. The molecule has 0 aliphatic carbocycles. The molecule has 1 aliphatic heterocycles. The van der Waals surface area contributed by atoms with Crippen LogP contribution in [0.5, 0.6) is 0 Å². The summed E-state index contributed by atoms with van der Waals surface area (Å²) in [4.78, 5) is 18.1. The Hall–Kier alpha value is -0.940. The van der Waals surface area contributed by atoms with Gasteiger partial charge in [-0.05, 0) is 0 Å². The molecule has 144 valence electrons. The lowest BCUT2D eigenvalue weighted by molar-refractivity contribution is 0.380. The Morgan fingerprint density at radius 2 is 1.96 bits per heavy atom. The molecule has 9 heteroatoms. The van der Waals surface area contributed by atoms with E-state index < -0.39 is 0 Å². The van der Waals surface area contributed by atoms with E-state index in [9.17, 15) is 0 Å². The predicted octanol–water partition coefficient (Wildman–Crippen LogP) is 3.19. The van der Waals surface area contributed by atoms with Gasteiger partial charge in [0.1, 0.15) is 0 Å². The van der Waals surface area contributed by atoms with Crippen molar-refractivity contribution in [2.75, 3.05) is 37.6 Å². The van der Waals surface area contributed by atoms with Crippen molar-refractivity contribution in [2.24, 2.45) is 10.7 Å². The summed E-state index contributed by atoms with van der Waals surface area (Å²) in [6.45, 7) is 10.9. The fraction of sp³-hybridized carbons (Fsp3) is 0.588. The predicted molar refractivity (Wildman–Crippen MR) is 122 cm³/mol. The van der Waals surface area contributed by atoms with Gasteiger partial charge in [0.2, 0.25) is 0 Å². The van der Waals surface area contributed by atoms with E-state index in [2.05, 4.69) is 45.9 Å². The van der Waals surface area contributed by atoms with Crippen LogP contribution in [0.25, 0.3) is 0 Å². The Labute approximate surface area is 180 Å². The van der Waals surface area contributed by atoms with Gasteiger partial charge in [-0.3, -0.25) is 4.99 Å². The maximum absolute atomic E-state index is 6.18. The summed E-state index contributed by atoms with van der Waals surface area (Å²) in [5, 5.41) is 6.39. The Bertz CT molecular complexity index is 699.